The van der Waals surface area contributed by atoms with Crippen molar-refractivity contribution in [2.45, 2.75) is 37.1 Å². The molecule has 2 aromatic rings. The number of amides is 1. The minimum atomic E-state index is -3.71. The maximum absolute atomic E-state index is 13.2. The number of aryl methyl sites for hydroxylation is 1. The van der Waals surface area contributed by atoms with Gasteiger partial charge in [0.15, 0.2) is 0 Å². The number of nitrogens with zero attached hydrogens (tertiary/aromatic N) is 1. The summed E-state index contributed by atoms with van der Waals surface area (Å²) in [5.74, 6) is -0.621. The van der Waals surface area contributed by atoms with Gasteiger partial charge in [0.05, 0.1) is 4.90 Å². The van der Waals surface area contributed by atoms with Gasteiger partial charge in [0, 0.05) is 13.1 Å². The second-order valence-electron chi connectivity index (χ2n) is 6.76. The molecule has 0 spiro atoms. The maximum atomic E-state index is 13.2. The van der Waals surface area contributed by atoms with E-state index in [4.69, 9.17) is 0 Å². The summed E-state index contributed by atoms with van der Waals surface area (Å²) in [6, 6.07) is 12.1. The van der Waals surface area contributed by atoms with Crippen LogP contribution in [0.3, 0.4) is 0 Å². The zero-order valence-electron chi connectivity index (χ0n) is 15.2. The number of halogens is 1. The maximum Gasteiger partial charge on any atom is 0.243 e. The van der Waals surface area contributed by atoms with E-state index < -0.39 is 16.1 Å². The van der Waals surface area contributed by atoms with Gasteiger partial charge in [0.25, 0.3) is 0 Å². The average molecular weight is 390 g/mol. The van der Waals surface area contributed by atoms with Crippen molar-refractivity contribution in [2.24, 2.45) is 0 Å². The van der Waals surface area contributed by atoms with E-state index in [0.717, 1.165) is 11.1 Å². The molecule has 3 rings (SSSR count). The lowest BCUT2D eigenvalue weighted by molar-refractivity contribution is -0.124. The van der Waals surface area contributed by atoms with Gasteiger partial charge in [0.2, 0.25) is 15.9 Å². The molecular formula is C20H23FN2O3S. The Morgan fingerprint density at radius 1 is 1.22 bits per heavy atom. The number of carbonyl (C=O) groups is 1. The van der Waals surface area contributed by atoms with Gasteiger partial charge in [-0.2, -0.15) is 4.31 Å². The van der Waals surface area contributed by atoms with E-state index in [0.29, 0.717) is 32.4 Å². The number of benzene rings is 2. The minimum Gasteiger partial charge on any atom is -0.354 e. The number of nitrogens with one attached hydrogen (secondary N) is 1. The highest BCUT2D eigenvalue weighted by Crippen LogP contribution is 2.26. The third-order valence-electron chi connectivity index (χ3n) is 4.74. The SMILES string of the molecule is Cc1ccc(S(=O)(=O)N2CCCC2C(=O)NCCc2cccc(F)c2)cc1. The van der Waals surface area contributed by atoms with Crippen LogP contribution in [0.2, 0.25) is 0 Å². The molecule has 1 fully saturated rings. The Balaban J connectivity index is 1.64. The zero-order valence-corrected chi connectivity index (χ0v) is 16.0. The summed E-state index contributed by atoms with van der Waals surface area (Å²) in [5, 5.41) is 2.79. The van der Waals surface area contributed by atoms with E-state index in [1.807, 2.05) is 6.92 Å². The molecule has 0 aromatic heterocycles. The Hall–Kier alpha value is -2.25. The molecule has 1 N–H and O–H groups in total. The van der Waals surface area contributed by atoms with Gasteiger partial charge in [-0.15, -0.1) is 0 Å². The molecule has 1 aliphatic heterocycles. The molecule has 2 aromatic carbocycles. The lowest BCUT2D eigenvalue weighted by atomic mass is 10.1. The third-order valence-corrected chi connectivity index (χ3v) is 6.66. The molecule has 7 heteroatoms. The molecule has 0 radical (unpaired) electrons. The molecule has 1 amide bonds. The molecule has 0 bridgehead atoms. The predicted molar refractivity (Wildman–Crippen MR) is 101 cm³/mol. The number of hydrogen-bond donors (Lipinski definition) is 1. The fourth-order valence-corrected chi connectivity index (χ4v) is 4.93. The van der Waals surface area contributed by atoms with Crippen LogP contribution >= 0.6 is 0 Å². The van der Waals surface area contributed by atoms with Crippen molar-refractivity contribution >= 4 is 15.9 Å². The molecule has 1 atom stereocenters. The first kappa shape index (κ1) is 19.5. The highest BCUT2D eigenvalue weighted by Gasteiger charge is 2.39. The van der Waals surface area contributed by atoms with Crippen molar-refractivity contribution in [3.05, 3.63) is 65.5 Å². The largest absolute Gasteiger partial charge is 0.354 e. The molecule has 1 aliphatic rings. The van der Waals surface area contributed by atoms with Gasteiger partial charge in [-0.05, 0) is 56.0 Å². The summed E-state index contributed by atoms with van der Waals surface area (Å²) in [5.41, 5.74) is 1.76. The van der Waals surface area contributed by atoms with Gasteiger partial charge in [-0.1, -0.05) is 29.8 Å². The van der Waals surface area contributed by atoms with E-state index in [1.54, 1.807) is 36.4 Å². The van der Waals surface area contributed by atoms with Crippen LogP contribution in [0.25, 0.3) is 0 Å². The Kier molecular flexibility index (Phi) is 5.92. The molecule has 1 unspecified atom stereocenters. The Morgan fingerprint density at radius 3 is 2.67 bits per heavy atom. The minimum absolute atomic E-state index is 0.201. The van der Waals surface area contributed by atoms with Gasteiger partial charge < -0.3 is 5.32 Å². The first-order valence-electron chi connectivity index (χ1n) is 8.98. The van der Waals surface area contributed by atoms with Crippen LogP contribution < -0.4 is 5.32 Å². The van der Waals surface area contributed by atoms with Crippen LogP contribution in [0, 0.1) is 12.7 Å². The van der Waals surface area contributed by atoms with Gasteiger partial charge in [-0.3, -0.25) is 4.79 Å². The molecular weight excluding hydrogens is 367 g/mol. The molecule has 5 nitrogen and oxygen atoms in total. The van der Waals surface area contributed by atoms with Crippen LogP contribution in [0.5, 0.6) is 0 Å². The first-order valence-corrected chi connectivity index (χ1v) is 10.4. The normalized spacial score (nSPS) is 17.8. The second-order valence-corrected chi connectivity index (χ2v) is 8.65. The smallest absolute Gasteiger partial charge is 0.243 e. The molecule has 144 valence electrons. The Morgan fingerprint density at radius 2 is 1.96 bits per heavy atom. The standard InChI is InChI=1S/C20H23FN2O3S/c1-15-7-9-18(10-8-15)27(25,26)23-13-3-6-19(23)20(24)22-12-11-16-4-2-5-17(21)14-16/h2,4-5,7-10,14,19H,3,6,11-13H2,1H3,(H,22,24). The topological polar surface area (TPSA) is 66.5 Å². The molecule has 0 aliphatic carbocycles. The van der Waals surface area contributed by atoms with Crippen molar-refractivity contribution in [1.82, 2.24) is 9.62 Å². The van der Waals surface area contributed by atoms with Crippen LogP contribution in [0.1, 0.15) is 24.0 Å². The fourth-order valence-electron chi connectivity index (χ4n) is 3.28. The average Bonchev–Trinajstić information content (AvgIpc) is 3.13. The zero-order chi connectivity index (χ0) is 19.4. The lowest BCUT2D eigenvalue weighted by Crippen LogP contribution is -2.46. The Bertz CT molecular complexity index is 913. The summed E-state index contributed by atoms with van der Waals surface area (Å²) < 4.78 is 40.3. The fraction of sp³-hybridized carbons (Fsp3) is 0.350. The summed E-state index contributed by atoms with van der Waals surface area (Å²) >= 11 is 0. The molecule has 1 saturated heterocycles. The van der Waals surface area contributed by atoms with E-state index in [-0.39, 0.29) is 16.6 Å². The second kappa shape index (κ2) is 8.19. The first-order chi connectivity index (χ1) is 12.9. The number of hydrogen-bond acceptors (Lipinski definition) is 3. The third kappa shape index (κ3) is 4.54. The van der Waals surface area contributed by atoms with E-state index in [2.05, 4.69) is 5.32 Å². The number of sulfonamides is 1. The van der Waals surface area contributed by atoms with Gasteiger partial charge in [0.1, 0.15) is 11.9 Å². The van der Waals surface area contributed by atoms with E-state index >= 15 is 0 Å². The monoisotopic (exact) mass is 390 g/mol. The summed E-state index contributed by atoms with van der Waals surface area (Å²) in [6.45, 7) is 2.55. The van der Waals surface area contributed by atoms with E-state index in [1.165, 1.54) is 16.4 Å². The Labute approximate surface area is 159 Å². The number of rotatable bonds is 6. The van der Waals surface area contributed by atoms with Crippen molar-refractivity contribution in [1.29, 1.82) is 0 Å². The van der Waals surface area contributed by atoms with Crippen LogP contribution in [-0.4, -0.2) is 37.8 Å². The molecule has 1 heterocycles. The van der Waals surface area contributed by atoms with Crippen molar-refractivity contribution < 1.29 is 17.6 Å². The van der Waals surface area contributed by atoms with Crippen LogP contribution in [0.4, 0.5) is 4.39 Å². The highest BCUT2D eigenvalue weighted by molar-refractivity contribution is 7.89. The number of carbonyl (C=O) groups excluding carboxylic acids is 1. The molecule has 0 saturated carbocycles. The summed E-state index contributed by atoms with van der Waals surface area (Å²) in [6.07, 6.45) is 1.63. The van der Waals surface area contributed by atoms with Gasteiger partial charge in [-0.25, -0.2) is 12.8 Å². The van der Waals surface area contributed by atoms with Crippen LogP contribution in [-0.2, 0) is 21.2 Å². The van der Waals surface area contributed by atoms with Gasteiger partial charge >= 0.3 is 0 Å². The molecule has 27 heavy (non-hydrogen) atoms. The predicted octanol–water partition coefficient (Wildman–Crippen LogP) is 2.65. The summed E-state index contributed by atoms with van der Waals surface area (Å²) in [7, 11) is -3.71. The lowest BCUT2D eigenvalue weighted by Gasteiger charge is -2.23. The van der Waals surface area contributed by atoms with Crippen molar-refractivity contribution in [3.63, 3.8) is 0 Å². The summed E-state index contributed by atoms with van der Waals surface area (Å²) in [4.78, 5) is 12.8. The van der Waals surface area contributed by atoms with E-state index in [9.17, 15) is 17.6 Å². The van der Waals surface area contributed by atoms with Crippen molar-refractivity contribution in [2.75, 3.05) is 13.1 Å². The van der Waals surface area contributed by atoms with Crippen LogP contribution in [0.15, 0.2) is 53.4 Å². The quantitative estimate of drug-likeness (QED) is 0.825. The van der Waals surface area contributed by atoms with Crippen molar-refractivity contribution in [3.8, 4) is 0 Å². The highest BCUT2D eigenvalue weighted by atomic mass is 32.2.